The average molecular weight is 178 g/mol. The zero-order chi connectivity index (χ0) is 8.39. The maximum atomic E-state index is 11.2. The fourth-order valence-electron chi connectivity index (χ4n) is 0.969. The van der Waals surface area contributed by atoms with Gasteiger partial charge in [-0.15, -0.1) is 11.3 Å². The van der Waals surface area contributed by atoms with Crippen molar-refractivity contribution in [1.82, 2.24) is 10.2 Å². The first-order valence-electron chi connectivity index (χ1n) is 3.45. The Kier molecular flexibility index (Phi) is 1.75. The number of H-pyrrole nitrogens is 1. The molecule has 0 saturated carbocycles. The molecule has 2 rings (SSSR count). The molecular formula is C8H6N2OS. The highest BCUT2D eigenvalue weighted by atomic mass is 32.1. The summed E-state index contributed by atoms with van der Waals surface area (Å²) in [5.74, 6) is 0. The Morgan fingerprint density at radius 1 is 1.42 bits per heavy atom. The van der Waals surface area contributed by atoms with Gasteiger partial charge >= 0.3 is 0 Å². The average Bonchev–Trinajstić information content (AvgIpc) is 2.57. The van der Waals surface area contributed by atoms with Crippen LogP contribution in [0.25, 0.3) is 10.4 Å². The molecule has 0 atom stereocenters. The van der Waals surface area contributed by atoms with Crippen molar-refractivity contribution in [2.24, 2.45) is 0 Å². The van der Waals surface area contributed by atoms with Crippen molar-refractivity contribution in [3.8, 4) is 10.4 Å². The van der Waals surface area contributed by atoms with E-state index in [1.165, 1.54) is 0 Å². The first kappa shape index (κ1) is 7.24. The Hall–Kier alpha value is -1.42. The number of nitrogens with one attached hydrogen (secondary N) is 1. The Labute approximate surface area is 72.7 Å². The minimum atomic E-state index is -0.139. The summed E-state index contributed by atoms with van der Waals surface area (Å²) in [7, 11) is 0. The summed E-state index contributed by atoms with van der Waals surface area (Å²) in [5, 5.41) is 7.95. The standard InChI is InChI=1S/C8H6N2OS/c11-8-6(3-4-9-10-8)7-2-1-5-12-7/h1-5H,(H,10,11). The zero-order valence-electron chi connectivity index (χ0n) is 6.15. The predicted octanol–water partition coefficient (Wildman–Crippen LogP) is 1.50. The quantitative estimate of drug-likeness (QED) is 0.719. The van der Waals surface area contributed by atoms with Gasteiger partial charge < -0.3 is 0 Å². The van der Waals surface area contributed by atoms with Crippen molar-refractivity contribution < 1.29 is 0 Å². The van der Waals surface area contributed by atoms with Crippen LogP contribution in [0.2, 0.25) is 0 Å². The third kappa shape index (κ3) is 1.16. The Morgan fingerprint density at radius 2 is 2.33 bits per heavy atom. The van der Waals surface area contributed by atoms with E-state index in [4.69, 9.17) is 0 Å². The molecule has 2 aromatic rings. The fourth-order valence-corrected chi connectivity index (χ4v) is 1.72. The molecule has 0 aliphatic carbocycles. The van der Waals surface area contributed by atoms with Crippen molar-refractivity contribution in [3.63, 3.8) is 0 Å². The lowest BCUT2D eigenvalue weighted by Gasteiger charge is -1.91. The van der Waals surface area contributed by atoms with E-state index < -0.39 is 0 Å². The van der Waals surface area contributed by atoms with Crippen LogP contribution in [0.4, 0.5) is 0 Å². The number of hydrogen-bond acceptors (Lipinski definition) is 3. The molecule has 0 radical (unpaired) electrons. The van der Waals surface area contributed by atoms with Gasteiger partial charge in [0.15, 0.2) is 0 Å². The van der Waals surface area contributed by atoms with Gasteiger partial charge in [0.05, 0.1) is 5.56 Å². The second-order valence-corrected chi connectivity index (χ2v) is 3.22. The first-order valence-corrected chi connectivity index (χ1v) is 4.33. The van der Waals surface area contributed by atoms with Crippen molar-refractivity contribution in [2.45, 2.75) is 0 Å². The van der Waals surface area contributed by atoms with Crippen LogP contribution in [-0.4, -0.2) is 10.2 Å². The number of aromatic amines is 1. The molecule has 2 aromatic heterocycles. The number of thiophene rings is 1. The molecule has 0 aliphatic rings. The van der Waals surface area contributed by atoms with Gasteiger partial charge in [-0.2, -0.15) is 5.10 Å². The van der Waals surface area contributed by atoms with Crippen molar-refractivity contribution >= 4 is 11.3 Å². The molecule has 0 aromatic carbocycles. The van der Waals surface area contributed by atoms with Crippen molar-refractivity contribution in [3.05, 3.63) is 40.1 Å². The van der Waals surface area contributed by atoms with E-state index >= 15 is 0 Å². The molecule has 0 bridgehead atoms. The lowest BCUT2D eigenvalue weighted by atomic mass is 10.2. The summed E-state index contributed by atoms with van der Waals surface area (Å²) < 4.78 is 0. The third-order valence-corrected chi connectivity index (χ3v) is 2.42. The molecule has 0 spiro atoms. The maximum Gasteiger partial charge on any atom is 0.272 e. The van der Waals surface area contributed by atoms with Crippen LogP contribution in [0, 0.1) is 0 Å². The van der Waals surface area contributed by atoms with Gasteiger partial charge in [-0.25, -0.2) is 5.10 Å². The van der Waals surface area contributed by atoms with E-state index in [1.807, 2.05) is 17.5 Å². The Balaban J connectivity index is 2.63. The highest BCUT2D eigenvalue weighted by Crippen LogP contribution is 2.19. The summed E-state index contributed by atoms with van der Waals surface area (Å²) in [4.78, 5) is 12.2. The zero-order valence-corrected chi connectivity index (χ0v) is 6.97. The van der Waals surface area contributed by atoms with Crippen LogP contribution in [0.3, 0.4) is 0 Å². The summed E-state index contributed by atoms with van der Waals surface area (Å²) in [6, 6.07) is 5.54. The molecule has 1 N–H and O–H groups in total. The van der Waals surface area contributed by atoms with Crippen LogP contribution in [0.15, 0.2) is 34.6 Å². The number of nitrogens with zero attached hydrogens (tertiary/aromatic N) is 1. The monoisotopic (exact) mass is 178 g/mol. The maximum absolute atomic E-state index is 11.2. The molecular weight excluding hydrogens is 172 g/mol. The molecule has 0 saturated heterocycles. The number of rotatable bonds is 1. The van der Waals surface area contributed by atoms with Crippen LogP contribution < -0.4 is 5.56 Å². The lowest BCUT2D eigenvalue weighted by Crippen LogP contribution is -2.08. The van der Waals surface area contributed by atoms with Crippen molar-refractivity contribution in [2.75, 3.05) is 0 Å². The molecule has 3 nitrogen and oxygen atoms in total. The van der Waals surface area contributed by atoms with E-state index in [2.05, 4.69) is 10.2 Å². The van der Waals surface area contributed by atoms with Crippen LogP contribution >= 0.6 is 11.3 Å². The number of hydrogen-bond donors (Lipinski definition) is 1. The summed E-state index contributed by atoms with van der Waals surface area (Å²) in [5.41, 5.74) is 0.542. The SMILES string of the molecule is O=c1[nH]nccc1-c1cccs1. The highest BCUT2D eigenvalue weighted by Gasteiger charge is 2.01. The fraction of sp³-hybridized carbons (Fsp3) is 0. The predicted molar refractivity (Wildman–Crippen MR) is 48.2 cm³/mol. The Morgan fingerprint density at radius 3 is 3.00 bits per heavy atom. The summed E-state index contributed by atoms with van der Waals surface area (Å²) >= 11 is 1.54. The topological polar surface area (TPSA) is 45.8 Å². The van der Waals surface area contributed by atoms with Gasteiger partial charge in [0.1, 0.15) is 0 Å². The largest absolute Gasteiger partial charge is 0.272 e. The van der Waals surface area contributed by atoms with Gasteiger partial charge in [-0.3, -0.25) is 4.79 Å². The first-order chi connectivity index (χ1) is 5.88. The van der Waals surface area contributed by atoms with Crippen LogP contribution in [-0.2, 0) is 0 Å². The molecule has 4 heteroatoms. The van der Waals surface area contributed by atoms with Gasteiger partial charge in [0, 0.05) is 11.1 Å². The van der Waals surface area contributed by atoms with E-state index in [1.54, 1.807) is 23.6 Å². The molecule has 0 fully saturated rings. The van der Waals surface area contributed by atoms with Gasteiger partial charge in [0.25, 0.3) is 5.56 Å². The normalized spacial score (nSPS) is 10.0. The lowest BCUT2D eigenvalue weighted by molar-refractivity contribution is 0.992. The van der Waals surface area contributed by atoms with E-state index in [0.717, 1.165) is 4.88 Å². The van der Waals surface area contributed by atoms with Gasteiger partial charge in [-0.1, -0.05) is 6.07 Å². The summed E-state index contributed by atoms with van der Waals surface area (Å²) in [6.07, 6.45) is 1.58. The molecule has 0 amide bonds. The second kappa shape index (κ2) is 2.91. The molecule has 60 valence electrons. The minimum Gasteiger partial charge on any atom is -0.267 e. The van der Waals surface area contributed by atoms with Crippen LogP contribution in [0.1, 0.15) is 0 Å². The Bertz CT molecular complexity index is 419. The van der Waals surface area contributed by atoms with Gasteiger partial charge in [-0.05, 0) is 17.5 Å². The molecule has 2 heterocycles. The second-order valence-electron chi connectivity index (χ2n) is 2.28. The summed E-state index contributed by atoms with van der Waals surface area (Å²) in [6.45, 7) is 0. The van der Waals surface area contributed by atoms with E-state index in [0.29, 0.717) is 5.56 Å². The van der Waals surface area contributed by atoms with Crippen LogP contribution in [0.5, 0.6) is 0 Å². The smallest absolute Gasteiger partial charge is 0.267 e. The number of aromatic nitrogens is 2. The molecule has 0 aliphatic heterocycles. The van der Waals surface area contributed by atoms with Gasteiger partial charge in [0.2, 0.25) is 0 Å². The molecule has 0 unspecified atom stereocenters. The third-order valence-electron chi connectivity index (χ3n) is 1.51. The molecule has 12 heavy (non-hydrogen) atoms. The van der Waals surface area contributed by atoms with E-state index in [-0.39, 0.29) is 5.56 Å². The van der Waals surface area contributed by atoms with E-state index in [9.17, 15) is 4.79 Å². The minimum absolute atomic E-state index is 0.139. The van der Waals surface area contributed by atoms with Crippen molar-refractivity contribution in [1.29, 1.82) is 0 Å². The highest BCUT2D eigenvalue weighted by molar-refractivity contribution is 7.13.